The van der Waals surface area contributed by atoms with E-state index in [1.165, 1.54) is 38.5 Å². The number of carbonyl (C=O) groups excluding carboxylic acids is 1. The molecule has 7 aliphatic rings. The van der Waals surface area contributed by atoms with Crippen molar-refractivity contribution in [3.05, 3.63) is 12.3 Å². The largest absolute Gasteiger partial charge is 0.390 e. The van der Waals surface area contributed by atoms with E-state index in [0.29, 0.717) is 23.9 Å². The number of nitrogens with zero attached hydrogens (tertiary/aromatic N) is 4. The molecule has 1 saturated heterocycles. The molecule has 31 heavy (non-hydrogen) atoms. The monoisotopic (exact) mass is 426 g/mol. The number of amides is 1. The SMILES string of the molecule is CC(=O)N1CCN(C2=NC=CC(C3CCCC3)N2[C@H]2C3CC4CC2C[C@@](O)(C4)C3)CC1. The van der Waals surface area contributed by atoms with Crippen LogP contribution in [-0.4, -0.2) is 75.5 Å². The van der Waals surface area contributed by atoms with E-state index in [9.17, 15) is 9.90 Å². The zero-order valence-electron chi connectivity index (χ0n) is 19.0. The van der Waals surface area contributed by atoms with Gasteiger partial charge in [-0.3, -0.25) is 4.79 Å². The van der Waals surface area contributed by atoms with Gasteiger partial charge in [-0.2, -0.15) is 0 Å². The molecule has 1 N–H and O–H groups in total. The first-order valence-corrected chi connectivity index (χ1v) is 12.8. The molecule has 170 valence electrons. The van der Waals surface area contributed by atoms with Gasteiger partial charge in [0.25, 0.3) is 0 Å². The maximum Gasteiger partial charge on any atom is 0.219 e. The average Bonchev–Trinajstić information content (AvgIpc) is 3.27. The smallest absolute Gasteiger partial charge is 0.219 e. The number of rotatable bonds is 2. The second kappa shape index (κ2) is 7.50. The fourth-order valence-corrected chi connectivity index (χ4v) is 8.38. The van der Waals surface area contributed by atoms with E-state index in [0.717, 1.165) is 63.2 Å². The minimum absolute atomic E-state index is 0.181. The number of aliphatic imine (C=N–C) groups is 1. The van der Waals surface area contributed by atoms with Gasteiger partial charge < -0.3 is 19.8 Å². The van der Waals surface area contributed by atoms with Crippen LogP contribution in [0.15, 0.2) is 17.3 Å². The summed E-state index contributed by atoms with van der Waals surface area (Å²) < 4.78 is 0. The minimum Gasteiger partial charge on any atom is -0.390 e. The van der Waals surface area contributed by atoms with Crippen molar-refractivity contribution in [3.63, 3.8) is 0 Å². The quantitative estimate of drug-likeness (QED) is 0.738. The highest BCUT2D eigenvalue weighted by Crippen LogP contribution is 2.58. The molecule has 2 heterocycles. The Morgan fingerprint density at radius 2 is 1.71 bits per heavy atom. The molecular weight excluding hydrogens is 388 g/mol. The lowest BCUT2D eigenvalue weighted by molar-refractivity contribution is -0.156. The third-order valence-electron chi connectivity index (χ3n) is 9.43. The first kappa shape index (κ1) is 20.1. The molecule has 3 unspecified atom stereocenters. The predicted octanol–water partition coefficient (Wildman–Crippen LogP) is 2.83. The van der Waals surface area contributed by atoms with Crippen molar-refractivity contribution in [2.24, 2.45) is 28.7 Å². The van der Waals surface area contributed by atoms with Gasteiger partial charge in [0.1, 0.15) is 0 Å². The lowest BCUT2D eigenvalue weighted by Gasteiger charge is -2.62. The third-order valence-corrected chi connectivity index (χ3v) is 9.43. The Hall–Kier alpha value is -1.56. The molecule has 7 rings (SSSR count). The highest BCUT2D eigenvalue weighted by atomic mass is 16.3. The Morgan fingerprint density at radius 3 is 2.32 bits per heavy atom. The van der Waals surface area contributed by atoms with Crippen LogP contribution in [0.2, 0.25) is 0 Å². The molecule has 6 nitrogen and oxygen atoms in total. The van der Waals surface area contributed by atoms with E-state index < -0.39 is 5.60 Å². The topological polar surface area (TPSA) is 59.4 Å². The maximum absolute atomic E-state index is 11.8. The van der Waals surface area contributed by atoms with Crippen molar-refractivity contribution >= 4 is 11.9 Å². The third kappa shape index (κ3) is 3.40. The van der Waals surface area contributed by atoms with Gasteiger partial charge in [-0.05, 0) is 74.7 Å². The molecule has 3 atom stereocenters. The van der Waals surface area contributed by atoms with Gasteiger partial charge in [0, 0.05) is 45.3 Å². The van der Waals surface area contributed by atoms with Crippen LogP contribution in [0.25, 0.3) is 0 Å². The van der Waals surface area contributed by atoms with Crippen LogP contribution in [0.5, 0.6) is 0 Å². The Labute approximate surface area is 186 Å². The lowest BCUT2D eigenvalue weighted by atomic mass is 9.51. The van der Waals surface area contributed by atoms with E-state index in [4.69, 9.17) is 4.99 Å². The van der Waals surface area contributed by atoms with Crippen LogP contribution >= 0.6 is 0 Å². The van der Waals surface area contributed by atoms with Crippen LogP contribution < -0.4 is 0 Å². The molecular formula is C25H38N4O2. The lowest BCUT2D eigenvalue weighted by Crippen LogP contribution is -2.67. The van der Waals surface area contributed by atoms with E-state index in [1.54, 1.807) is 6.92 Å². The molecule has 6 fully saturated rings. The summed E-state index contributed by atoms with van der Waals surface area (Å²) in [5.41, 5.74) is -0.397. The number of piperazine rings is 1. The standard InChI is InChI=1S/C25H38N4O2/c1-17(30)27-8-10-28(11-9-27)24-26-7-6-22(19-4-2-3-5-19)29(24)23-20-12-18-13-21(23)16-25(31,14-18)15-20/h6-7,18-23,31H,2-5,8-16H2,1H3/t18?,20?,21?,22?,23-,25+. The molecule has 0 radical (unpaired) electrons. The molecule has 6 heteroatoms. The molecule has 0 aromatic rings. The first-order chi connectivity index (χ1) is 15.0. The number of hydrogen-bond donors (Lipinski definition) is 1. The van der Waals surface area contributed by atoms with Crippen molar-refractivity contribution in [1.82, 2.24) is 14.7 Å². The Bertz CT molecular complexity index is 764. The zero-order chi connectivity index (χ0) is 21.2. The zero-order valence-corrected chi connectivity index (χ0v) is 19.0. The number of hydrogen-bond acceptors (Lipinski definition) is 5. The van der Waals surface area contributed by atoms with E-state index in [-0.39, 0.29) is 5.91 Å². The van der Waals surface area contributed by atoms with Crippen LogP contribution in [-0.2, 0) is 4.79 Å². The van der Waals surface area contributed by atoms with Crippen molar-refractivity contribution in [3.8, 4) is 0 Å². The van der Waals surface area contributed by atoms with Crippen LogP contribution in [0.3, 0.4) is 0 Å². The molecule has 5 aliphatic carbocycles. The van der Waals surface area contributed by atoms with Gasteiger partial charge in [-0.1, -0.05) is 12.8 Å². The first-order valence-electron chi connectivity index (χ1n) is 12.8. The fourth-order valence-electron chi connectivity index (χ4n) is 8.38. The van der Waals surface area contributed by atoms with Gasteiger partial charge in [0.05, 0.1) is 11.6 Å². The van der Waals surface area contributed by atoms with Gasteiger partial charge in [0.15, 0.2) is 0 Å². The van der Waals surface area contributed by atoms with Gasteiger partial charge in [-0.25, -0.2) is 4.99 Å². The van der Waals surface area contributed by atoms with Crippen molar-refractivity contribution < 1.29 is 9.90 Å². The Balaban J connectivity index is 1.31. The summed E-state index contributed by atoms with van der Waals surface area (Å²) in [7, 11) is 0. The van der Waals surface area contributed by atoms with Gasteiger partial charge in [0.2, 0.25) is 11.9 Å². The number of aliphatic hydroxyl groups is 1. The highest BCUT2D eigenvalue weighted by Gasteiger charge is 2.58. The summed E-state index contributed by atoms with van der Waals surface area (Å²) in [6.07, 6.45) is 15.4. The van der Waals surface area contributed by atoms with E-state index in [2.05, 4.69) is 22.1 Å². The summed E-state index contributed by atoms with van der Waals surface area (Å²) >= 11 is 0. The molecule has 4 bridgehead atoms. The van der Waals surface area contributed by atoms with Crippen molar-refractivity contribution in [2.75, 3.05) is 26.2 Å². The average molecular weight is 427 g/mol. The Morgan fingerprint density at radius 1 is 1.03 bits per heavy atom. The van der Waals surface area contributed by atoms with E-state index in [1.807, 2.05) is 4.90 Å². The van der Waals surface area contributed by atoms with Gasteiger partial charge >= 0.3 is 0 Å². The van der Waals surface area contributed by atoms with Crippen molar-refractivity contribution in [2.45, 2.75) is 82.4 Å². The van der Waals surface area contributed by atoms with E-state index >= 15 is 0 Å². The maximum atomic E-state index is 11.8. The summed E-state index contributed by atoms with van der Waals surface area (Å²) in [6.45, 7) is 5.00. The second-order valence-electron chi connectivity index (χ2n) is 11.4. The molecule has 0 aromatic heterocycles. The van der Waals surface area contributed by atoms with Crippen LogP contribution in [0.4, 0.5) is 0 Å². The summed E-state index contributed by atoms with van der Waals surface area (Å²) in [5.74, 6) is 3.97. The molecule has 2 aliphatic heterocycles. The van der Waals surface area contributed by atoms with Crippen LogP contribution in [0.1, 0.15) is 64.7 Å². The molecule has 1 amide bonds. The number of guanidine groups is 1. The van der Waals surface area contributed by atoms with Crippen LogP contribution in [0, 0.1) is 23.7 Å². The summed E-state index contributed by atoms with van der Waals surface area (Å²) in [4.78, 5) is 24.0. The predicted molar refractivity (Wildman–Crippen MR) is 120 cm³/mol. The van der Waals surface area contributed by atoms with Gasteiger partial charge in [-0.15, -0.1) is 0 Å². The summed E-state index contributed by atoms with van der Waals surface area (Å²) in [5, 5.41) is 11.2. The molecule has 0 aromatic carbocycles. The minimum atomic E-state index is -0.397. The highest BCUT2D eigenvalue weighted by molar-refractivity contribution is 5.83. The fraction of sp³-hybridized carbons (Fsp3) is 0.840. The normalized spacial score (nSPS) is 42.5. The second-order valence-corrected chi connectivity index (χ2v) is 11.4. The molecule has 0 spiro atoms. The summed E-state index contributed by atoms with van der Waals surface area (Å²) in [6, 6.07) is 0.954. The number of carbonyl (C=O) groups is 1. The Kier molecular flexibility index (Phi) is 4.86. The van der Waals surface area contributed by atoms with Crippen molar-refractivity contribution in [1.29, 1.82) is 0 Å². The molecule has 5 saturated carbocycles.